The molecule has 0 unspecified atom stereocenters. The summed E-state index contributed by atoms with van der Waals surface area (Å²) in [5, 5.41) is 9.82. The fraction of sp³-hybridized carbons (Fsp3) is 0.409. The van der Waals surface area contributed by atoms with Crippen molar-refractivity contribution in [2.75, 3.05) is 7.05 Å². The van der Waals surface area contributed by atoms with Gasteiger partial charge >= 0.3 is 0 Å². The van der Waals surface area contributed by atoms with Crippen molar-refractivity contribution in [1.82, 2.24) is 4.90 Å². The Kier molecular flexibility index (Phi) is 6.02. The van der Waals surface area contributed by atoms with Crippen molar-refractivity contribution in [2.24, 2.45) is 0 Å². The van der Waals surface area contributed by atoms with E-state index in [4.69, 9.17) is 0 Å². The van der Waals surface area contributed by atoms with Crippen molar-refractivity contribution in [3.8, 4) is 0 Å². The van der Waals surface area contributed by atoms with Crippen molar-refractivity contribution in [2.45, 2.75) is 52.7 Å². The van der Waals surface area contributed by atoms with Crippen molar-refractivity contribution in [3.63, 3.8) is 0 Å². The number of amides is 1. The van der Waals surface area contributed by atoms with E-state index in [1.165, 1.54) is 16.7 Å². The van der Waals surface area contributed by atoms with Gasteiger partial charge in [0.05, 0.1) is 5.60 Å². The molecule has 3 nitrogen and oxygen atoms in total. The molecule has 0 heterocycles. The Labute approximate surface area is 151 Å². The van der Waals surface area contributed by atoms with E-state index in [2.05, 4.69) is 26.0 Å². The Morgan fingerprint density at radius 2 is 1.72 bits per heavy atom. The van der Waals surface area contributed by atoms with Crippen LogP contribution in [0.2, 0.25) is 0 Å². The molecule has 2 aromatic carbocycles. The lowest BCUT2D eigenvalue weighted by Crippen LogP contribution is -2.26. The lowest BCUT2D eigenvalue weighted by Gasteiger charge is -2.20. The molecule has 0 bridgehead atoms. The topological polar surface area (TPSA) is 40.5 Å². The molecular formula is C22H29NO2. The zero-order valence-electron chi connectivity index (χ0n) is 16.0. The van der Waals surface area contributed by atoms with E-state index in [1.807, 2.05) is 51.2 Å². The van der Waals surface area contributed by atoms with E-state index in [1.54, 1.807) is 4.90 Å². The van der Waals surface area contributed by atoms with Crippen LogP contribution >= 0.6 is 0 Å². The van der Waals surface area contributed by atoms with E-state index in [0.29, 0.717) is 18.5 Å². The van der Waals surface area contributed by atoms with Gasteiger partial charge in [0.15, 0.2) is 0 Å². The van der Waals surface area contributed by atoms with E-state index >= 15 is 0 Å². The van der Waals surface area contributed by atoms with E-state index < -0.39 is 5.60 Å². The van der Waals surface area contributed by atoms with Gasteiger partial charge in [0.2, 0.25) is 0 Å². The molecular weight excluding hydrogens is 310 g/mol. The largest absolute Gasteiger partial charge is 0.390 e. The van der Waals surface area contributed by atoms with Crippen LogP contribution in [0, 0.1) is 13.8 Å². The monoisotopic (exact) mass is 339 g/mol. The van der Waals surface area contributed by atoms with Gasteiger partial charge in [-0.1, -0.05) is 30.3 Å². The predicted octanol–water partition coefficient (Wildman–Crippen LogP) is 4.28. The SMILES string of the molecule is Cc1cccc(CN(C)C(=O)c2ccc(CCC(C)(C)O)cc2)c1C. The third-order valence-corrected chi connectivity index (χ3v) is 4.70. The quantitative estimate of drug-likeness (QED) is 0.853. The molecule has 0 spiro atoms. The smallest absolute Gasteiger partial charge is 0.253 e. The first-order chi connectivity index (χ1) is 11.7. The van der Waals surface area contributed by atoms with Gasteiger partial charge in [-0.25, -0.2) is 0 Å². The van der Waals surface area contributed by atoms with E-state index in [9.17, 15) is 9.90 Å². The molecule has 0 radical (unpaired) electrons. The lowest BCUT2D eigenvalue weighted by atomic mass is 9.98. The van der Waals surface area contributed by atoms with Gasteiger partial charge in [-0.05, 0) is 74.9 Å². The second kappa shape index (κ2) is 7.83. The Hall–Kier alpha value is -2.13. The minimum absolute atomic E-state index is 0.0231. The van der Waals surface area contributed by atoms with Gasteiger partial charge < -0.3 is 10.0 Å². The summed E-state index contributed by atoms with van der Waals surface area (Å²) in [5.74, 6) is 0.0231. The fourth-order valence-corrected chi connectivity index (χ4v) is 2.80. The number of nitrogens with zero attached hydrogens (tertiary/aromatic N) is 1. The van der Waals surface area contributed by atoms with Crippen LogP contribution in [-0.2, 0) is 13.0 Å². The molecule has 0 aliphatic carbocycles. The van der Waals surface area contributed by atoms with Crippen LogP contribution in [-0.4, -0.2) is 28.6 Å². The van der Waals surface area contributed by atoms with Gasteiger partial charge in [0, 0.05) is 19.2 Å². The highest BCUT2D eigenvalue weighted by molar-refractivity contribution is 5.94. The number of benzene rings is 2. The number of carbonyl (C=O) groups is 1. The van der Waals surface area contributed by atoms with Gasteiger partial charge in [-0.2, -0.15) is 0 Å². The van der Waals surface area contributed by atoms with Crippen molar-refractivity contribution < 1.29 is 9.90 Å². The average molecular weight is 339 g/mol. The van der Waals surface area contributed by atoms with Crippen LogP contribution in [0.1, 0.15) is 52.9 Å². The molecule has 134 valence electrons. The molecule has 1 amide bonds. The highest BCUT2D eigenvalue weighted by Crippen LogP contribution is 2.17. The molecule has 3 heteroatoms. The summed E-state index contributed by atoms with van der Waals surface area (Å²) in [6, 6.07) is 13.9. The van der Waals surface area contributed by atoms with Crippen LogP contribution in [0.15, 0.2) is 42.5 Å². The first-order valence-electron chi connectivity index (χ1n) is 8.79. The van der Waals surface area contributed by atoms with Crippen molar-refractivity contribution in [3.05, 3.63) is 70.3 Å². The highest BCUT2D eigenvalue weighted by atomic mass is 16.3. The van der Waals surface area contributed by atoms with Crippen molar-refractivity contribution in [1.29, 1.82) is 0 Å². The Morgan fingerprint density at radius 1 is 1.08 bits per heavy atom. The number of hydrogen-bond acceptors (Lipinski definition) is 2. The van der Waals surface area contributed by atoms with Crippen LogP contribution in [0.4, 0.5) is 0 Å². The number of aryl methyl sites for hydroxylation is 2. The number of rotatable bonds is 6. The molecule has 0 saturated heterocycles. The molecule has 25 heavy (non-hydrogen) atoms. The second-order valence-corrected chi connectivity index (χ2v) is 7.53. The van der Waals surface area contributed by atoms with Crippen LogP contribution in [0.3, 0.4) is 0 Å². The highest BCUT2D eigenvalue weighted by Gasteiger charge is 2.15. The van der Waals surface area contributed by atoms with E-state index in [0.717, 1.165) is 12.0 Å². The third kappa shape index (κ3) is 5.43. The third-order valence-electron chi connectivity index (χ3n) is 4.70. The molecule has 2 aromatic rings. The average Bonchev–Trinajstić information content (AvgIpc) is 2.56. The summed E-state index contributed by atoms with van der Waals surface area (Å²) in [4.78, 5) is 14.4. The lowest BCUT2D eigenvalue weighted by molar-refractivity contribution is 0.0713. The van der Waals surface area contributed by atoms with Crippen LogP contribution in [0.5, 0.6) is 0 Å². The van der Waals surface area contributed by atoms with Gasteiger partial charge in [-0.3, -0.25) is 4.79 Å². The van der Waals surface area contributed by atoms with Crippen molar-refractivity contribution >= 4 is 5.91 Å². The normalized spacial score (nSPS) is 11.4. The van der Waals surface area contributed by atoms with Crippen LogP contribution < -0.4 is 0 Å². The molecule has 0 aromatic heterocycles. The number of aliphatic hydroxyl groups is 1. The molecule has 0 fully saturated rings. The fourth-order valence-electron chi connectivity index (χ4n) is 2.80. The maximum absolute atomic E-state index is 12.7. The zero-order chi connectivity index (χ0) is 18.6. The number of hydrogen-bond donors (Lipinski definition) is 1. The summed E-state index contributed by atoms with van der Waals surface area (Å²) in [5.41, 5.74) is 4.83. The number of carbonyl (C=O) groups excluding carboxylic acids is 1. The Balaban J connectivity index is 2.03. The van der Waals surface area contributed by atoms with Gasteiger partial charge in [0.25, 0.3) is 5.91 Å². The summed E-state index contributed by atoms with van der Waals surface area (Å²) >= 11 is 0. The second-order valence-electron chi connectivity index (χ2n) is 7.53. The van der Waals surface area contributed by atoms with Gasteiger partial charge in [-0.15, -0.1) is 0 Å². The molecule has 1 N–H and O–H groups in total. The molecule has 2 rings (SSSR count). The first-order valence-corrected chi connectivity index (χ1v) is 8.79. The summed E-state index contributed by atoms with van der Waals surface area (Å²) in [6.45, 7) is 8.42. The standard InChI is InChI=1S/C22H29NO2/c1-16-7-6-8-20(17(16)2)15-23(5)21(24)19-11-9-18(10-12-19)13-14-22(3,4)25/h6-12,25H,13-15H2,1-5H3. The Bertz CT molecular complexity index is 727. The molecule has 0 atom stereocenters. The van der Waals surface area contributed by atoms with E-state index in [-0.39, 0.29) is 5.91 Å². The minimum atomic E-state index is -0.666. The summed E-state index contributed by atoms with van der Waals surface area (Å²) in [6.07, 6.45) is 1.50. The van der Waals surface area contributed by atoms with Crippen LogP contribution in [0.25, 0.3) is 0 Å². The maximum Gasteiger partial charge on any atom is 0.253 e. The summed E-state index contributed by atoms with van der Waals surface area (Å²) < 4.78 is 0. The molecule has 0 aliphatic rings. The predicted molar refractivity (Wildman–Crippen MR) is 103 cm³/mol. The Morgan fingerprint density at radius 3 is 2.32 bits per heavy atom. The van der Waals surface area contributed by atoms with Gasteiger partial charge in [0.1, 0.15) is 0 Å². The molecule has 0 aliphatic heterocycles. The molecule has 0 saturated carbocycles. The maximum atomic E-state index is 12.7. The minimum Gasteiger partial charge on any atom is -0.390 e. The zero-order valence-corrected chi connectivity index (χ0v) is 16.0. The summed E-state index contributed by atoms with van der Waals surface area (Å²) in [7, 11) is 1.84. The first kappa shape index (κ1) is 19.2.